The van der Waals surface area contributed by atoms with E-state index in [-0.39, 0.29) is 23.7 Å². The molecule has 0 aliphatic carbocycles. The molecule has 1 aliphatic rings. The smallest absolute Gasteiger partial charge is 0.238 e. The molecule has 1 amide bonds. The van der Waals surface area contributed by atoms with Crippen LogP contribution in [0.5, 0.6) is 0 Å². The van der Waals surface area contributed by atoms with Gasteiger partial charge in [0.1, 0.15) is 5.69 Å². The molecule has 27 heavy (non-hydrogen) atoms. The first-order valence-corrected chi connectivity index (χ1v) is 8.76. The Morgan fingerprint density at radius 1 is 1.11 bits per heavy atom. The number of carbonyl (C=O) groups excluding carboxylic acids is 1. The van der Waals surface area contributed by atoms with Crippen molar-refractivity contribution in [2.45, 2.75) is 0 Å². The van der Waals surface area contributed by atoms with Gasteiger partial charge in [-0.25, -0.2) is 8.78 Å². The molecule has 1 fully saturated rings. The van der Waals surface area contributed by atoms with Crippen LogP contribution >= 0.6 is 11.6 Å². The highest BCUT2D eigenvalue weighted by molar-refractivity contribution is 6.30. The van der Waals surface area contributed by atoms with Gasteiger partial charge in [0, 0.05) is 36.9 Å². The molecule has 8 heteroatoms. The van der Waals surface area contributed by atoms with Gasteiger partial charge in [-0.2, -0.15) is 5.26 Å². The highest BCUT2D eigenvalue weighted by atomic mass is 35.5. The summed E-state index contributed by atoms with van der Waals surface area (Å²) in [5, 5.41) is 12.2. The minimum absolute atomic E-state index is 0.0498. The third-order valence-corrected chi connectivity index (χ3v) is 4.58. The minimum Gasteiger partial charge on any atom is -0.364 e. The van der Waals surface area contributed by atoms with E-state index in [1.165, 1.54) is 0 Å². The Labute approximate surface area is 160 Å². The number of nitriles is 1. The molecule has 3 rings (SSSR count). The lowest BCUT2D eigenvalue weighted by Gasteiger charge is -2.36. The second-order valence-corrected chi connectivity index (χ2v) is 6.66. The molecule has 0 spiro atoms. The fraction of sp³-hybridized carbons (Fsp3) is 0.263. The predicted octanol–water partition coefficient (Wildman–Crippen LogP) is 3.25. The van der Waals surface area contributed by atoms with E-state index < -0.39 is 11.6 Å². The molecule has 1 N–H and O–H groups in total. The lowest BCUT2D eigenvalue weighted by Crippen LogP contribution is -2.49. The zero-order chi connectivity index (χ0) is 19.4. The maximum absolute atomic E-state index is 14.1. The van der Waals surface area contributed by atoms with E-state index in [2.05, 4.69) is 5.32 Å². The van der Waals surface area contributed by atoms with E-state index in [9.17, 15) is 13.6 Å². The summed E-state index contributed by atoms with van der Waals surface area (Å²) in [4.78, 5) is 15.7. The van der Waals surface area contributed by atoms with Gasteiger partial charge in [0.2, 0.25) is 5.91 Å². The van der Waals surface area contributed by atoms with Gasteiger partial charge in [0.15, 0.2) is 11.6 Å². The van der Waals surface area contributed by atoms with Crippen molar-refractivity contribution in [1.82, 2.24) is 4.90 Å². The van der Waals surface area contributed by atoms with Crippen LogP contribution in [0.1, 0.15) is 5.56 Å². The fourth-order valence-corrected chi connectivity index (χ4v) is 3.12. The molecule has 2 aromatic carbocycles. The van der Waals surface area contributed by atoms with Crippen LogP contribution in [0.4, 0.5) is 20.2 Å². The van der Waals surface area contributed by atoms with E-state index in [1.54, 1.807) is 35.2 Å². The highest BCUT2D eigenvalue weighted by Crippen LogP contribution is 2.26. The van der Waals surface area contributed by atoms with Crippen molar-refractivity contribution < 1.29 is 13.6 Å². The Balaban J connectivity index is 1.55. The Kier molecular flexibility index (Phi) is 5.89. The van der Waals surface area contributed by atoms with Crippen LogP contribution in [0.15, 0.2) is 36.4 Å². The molecule has 0 bridgehead atoms. The highest BCUT2D eigenvalue weighted by Gasteiger charge is 2.24. The monoisotopic (exact) mass is 390 g/mol. The Hall–Kier alpha value is -2.69. The number of nitrogens with zero attached hydrogens (tertiary/aromatic N) is 3. The second-order valence-electron chi connectivity index (χ2n) is 6.22. The molecular formula is C19H17ClF2N4O. The molecule has 1 saturated heterocycles. The molecule has 0 unspecified atom stereocenters. The number of anilines is 2. The molecule has 140 valence electrons. The number of nitrogens with one attached hydrogen (secondary N) is 1. The summed E-state index contributed by atoms with van der Waals surface area (Å²) in [5.41, 5.74) is 0.482. The van der Waals surface area contributed by atoms with Gasteiger partial charge in [-0.15, -0.1) is 0 Å². The van der Waals surface area contributed by atoms with Crippen LogP contribution < -0.4 is 10.2 Å². The molecule has 1 aliphatic heterocycles. The van der Waals surface area contributed by atoms with Crippen LogP contribution in [0.25, 0.3) is 0 Å². The van der Waals surface area contributed by atoms with Crippen molar-refractivity contribution in [2.24, 2.45) is 0 Å². The average molecular weight is 391 g/mol. The summed E-state index contributed by atoms with van der Waals surface area (Å²) >= 11 is 5.81. The zero-order valence-corrected chi connectivity index (χ0v) is 15.1. The summed E-state index contributed by atoms with van der Waals surface area (Å²) in [6.07, 6.45) is 0. The van der Waals surface area contributed by atoms with Crippen LogP contribution in [0.2, 0.25) is 5.02 Å². The van der Waals surface area contributed by atoms with Gasteiger partial charge >= 0.3 is 0 Å². The molecule has 0 saturated carbocycles. The van der Waals surface area contributed by atoms with Crippen molar-refractivity contribution in [3.63, 3.8) is 0 Å². The fourth-order valence-electron chi connectivity index (χ4n) is 3.00. The average Bonchev–Trinajstić information content (AvgIpc) is 2.64. The molecular weight excluding hydrogens is 374 g/mol. The van der Waals surface area contributed by atoms with E-state index >= 15 is 0 Å². The van der Waals surface area contributed by atoms with Crippen LogP contribution in [0.3, 0.4) is 0 Å². The standard InChI is InChI=1S/C19H17ClF2N4O/c20-14-1-3-15(4-2-14)24-18(27)12-25-5-7-26(8-6-25)19-16(21)9-13(11-23)10-17(19)22/h1-4,9-10H,5-8,12H2,(H,24,27). The van der Waals surface area contributed by atoms with E-state index in [0.29, 0.717) is 36.9 Å². The third kappa shape index (κ3) is 4.73. The van der Waals surface area contributed by atoms with Crippen LogP contribution in [-0.2, 0) is 4.79 Å². The zero-order valence-electron chi connectivity index (χ0n) is 14.4. The molecule has 5 nitrogen and oxygen atoms in total. The number of hydrogen-bond acceptors (Lipinski definition) is 4. The first-order valence-electron chi connectivity index (χ1n) is 8.38. The lowest BCUT2D eigenvalue weighted by atomic mass is 10.1. The van der Waals surface area contributed by atoms with Crippen molar-refractivity contribution in [1.29, 1.82) is 5.26 Å². The van der Waals surface area contributed by atoms with Crippen molar-refractivity contribution in [2.75, 3.05) is 42.9 Å². The summed E-state index contributed by atoms with van der Waals surface area (Å²) in [7, 11) is 0. The number of rotatable bonds is 4. The Bertz CT molecular complexity index is 851. The van der Waals surface area contributed by atoms with Gasteiger partial charge in [0.05, 0.1) is 18.2 Å². The summed E-state index contributed by atoms with van der Waals surface area (Å²) in [6, 6.07) is 10.6. The van der Waals surface area contributed by atoms with Gasteiger partial charge in [-0.1, -0.05) is 11.6 Å². The Morgan fingerprint density at radius 3 is 2.26 bits per heavy atom. The SMILES string of the molecule is N#Cc1cc(F)c(N2CCN(CC(=O)Nc3ccc(Cl)cc3)CC2)c(F)c1. The van der Waals surface area contributed by atoms with E-state index in [1.807, 2.05) is 4.90 Å². The van der Waals surface area contributed by atoms with Crippen LogP contribution in [0, 0.1) is 23.0 Å². The number of halogens is 3. The van der Waals surface area contributed by atoms with E-state index in [4.69, 9.17) is 16.9 Å². The van der Waals surface area contributed by atoms with Crippen molar-refractivity contribution in [3.8, 4) is 6.07 Å². The maximum Gasteiger partial charge on any atom is 0.238 e. The predicted molar refractivity (Wildman–Crippen MR) is 99.8 cm³/mol. The van der Waals surface area contributed by atoms with Gasteiger partial charge in [-0.05, 0) is 36.4 Å². The molecule has 2 aromatic rings. The molecule has 0 radical (unpaired) electrons. The summed E-state index contributed by atoms with van der Waals surface area (Å²) < 4.78 is 28.3. The number of benzene rings is 2. The van der Waals surface area contributed by atoms with Gasteiger partial charge < -0.3 is 10.2 Å². The van der Waals surface area contributed by atoms with E-state index in [0.717, 1.165) is 12.1 Å². The minimum atomic E-state index is -0.750. The van der Waals surface area contributed by atoms with Crippen molar-refractivity contribution in [3.05, 3.63) is 58.6 Å². The Morgan fingerprint density at radius 2 is 1.70 bits per heavy atom. The lowest BCUT2D eigenvalue weighted by molar-refractivity contribution is -0.117. The second kappa shape index (κ2) is 8.33. The van der Waals surface area contributed by atoms with Gasteiger partial charge in [-0.3, -0.25) is 9.69 Å². The maximum atomic E-state index is 14.1. The summed E-state index contributed by atoms with van der Waals surface area (Å²) in [6.45, 7) is 1.94. The normalized spacial score (nSPS) is 14.7. The number of amides is 1. The molecule has 0 atom stereocenters. The first kappa shape index (κ1) is 19.1. The number of piperazine rings is 1. The summed E-state index contributed by atoms with van der Waals surface area (Å²) in [5.74, 6) is -1.66. The topological polar surface area (TPSA) is 59.4 Å². The number of carbonyl (C=O) groups is 1. The van der Waals surface area contributed by atoms with Crippen molar-refractivity contribution >= 4 is 28.9 Å². The van der Waals surface area contributed by atoms with Gasteiger partial charge in [0.25, 0.3) is 0 Å². The molecule has 0 aromatic heterocycles. The largest absolute Gasteiger partial charge is 0.364 e. The molecule has 1 heterocycles. The number of hydrogen-bond donors (Lipinski definition) is 1. The first-order chi connectivity index (χ1) is 13.0. The van der Waals surface area contributed by atoms with Crippen LogP contribution in [-0.4, -0.2) is 43.5 Å². The third-order valence-electron chi connectivity index (χ3n) is 4.33. The quantitative estimate of drug-likeness (QED) is 0.870.